The maximum atomic E-state index is 12.3. The third kappa shape index (κ3) is 4.31. The molecule has 6 nitrogen and oxygen atoms in total. The molecule has 25 heavy (non-hydrogen) atoms. The summed E-state index contributed by atoms with van der Waals surface area (Å²) >= 11 is 0.973. The molecule has 3 aromatic rings. The predicted molar refractivity (Wildman–Crippen MR) is 83.7 cm³/mol. The van der Waals surface area contributed by atoms with Crippen LogP contribution in [-0.2, 0) is 10.0 Å². The van der Waals surface area contributed by atoms with E-state index in [0.717, 1.165) is 23.5 Å². The van der Waals surface area contributed by atoms with Gasteiger partial charge >= 0.3 is 6.36 Å². The molecule has 0 aliphatic heterocycles. The Balaban J connectivity index is 1.75. The molecule has 0 unspecified atom stereocenters. The Hall–Kier alpha value is -2.53. The first kappa shape index (κ1) is 17.3. The second kappa shape index (κ2) is 6.41. The Morgan fingerprint density at radius 3 is 2.48 bits per heavy atom. The lowest BCUT2D eigenvalue weighted by Crippen LogP contribution is -2.17. The molecule has 0 saturated carbocycles. The van der Waals surface area contributed by atoms with Gasteiger partial charge in [0.1, 0.15) is 9.96 Å². The molecule has 1 N–H and O–H groups in total. The number of rotatable bonds is 5. The molecule has 1 aromatic carbocycles. The second-order valence-electron chi connectivity index (χ2n) is 4.71. The maximum Gasteiger partial charge on any atom is 0.573 e. The number of nitrogens with zero attached hydrogens (tertiary/aromatic N) is 1. The number of anilines is 1. The highest BCUT2D eigenvalue weighted by Crippen LogP contribution is 2.30. The number of halogens is 3. The summed E-state index contributed by atoms with van der Waals surface area (Å²) in [6, 6.07) is 7.37. The second-order valence-corrected chi connectivity index (χ2v) is 7.53. The quantitative estimate of drug-likeness (QED) is 0.709. The highest BCUT2D eigenvalue weighted by atomic mass is 32.2. The third-order valence-corrected chi connectivity index (χ3v) is 5.72. The van der Waals surface area contributed by atoms with Crippen molar-refractivity contribution in [1.82, 2.24) is 5.16 Å². The molecule has 0 saturated heterocycles. The average molecular weight is 390 g/mol. The molecular formula is C14H9F3N2O4S2. The van der Waals surface area contributed by atoms with Gasteiger partial charge in [-0.05, 0) is 30.3 Å². The van der Waals surface area contributed by atoms with Crippen LogP contribution in [0.15, 0.2) is 56.7 Å². The number of hydrogen-bond donors (Lipinski definition) is 1. The van der Waals surface area contributed by atoms with Gasteiger partial charge in [-0.15, -0.1) is 24.5 Å². The molecule has 0 atom stereocenters. The van der Waals surface area contributed by atoms with E-state index in [4.69, 9.17) is 4.52 Å². The van der Waals surface area contributed by atoms with Crippen LogP contribution in [0.5, 0.6) is 5.75 Å². The van der Waals surface area contributed by atoms with Crippen molar-refractivity contribution in [3.63, 3.8) is 0 Å². The molecule has 2 heterocycles. The smallest absolute Gasteiger partial charge is 0.406 e. The first-order valence-corrected chi connectivity index (χ1v) is 8.97. The topological polar surface area (TPSA) is 81.4 Å². The standard InChI is InChI=1S/C14H9F3N2O4S2/c15-14(16,17)22-11-3-1-10(2-4-11)19-25(20,21)13-7-9(8-24-13)12-5-6-18-23-12/h1-8,19H. The van der Waals surface area contributed by atoms with Gasteiger partial charge in [0.05, 0.1) is 6.20 Å². The van der Waals surface area contributed by atoms with Crippen molar-refractivity contribution in [2.45, 2.75) is 10.6 Å². The van der Waals surface area contributed by atoms with Crippen molar-refractivity contribution in [1.29, 1.82) is 0 Å². The van der Waals surface area contributed by atoms with Crippen LogP contribution in [-0.4, -0.2) is 19.9 Å². The van der Waals surface area contributed by atoms with E-state index in [2.05, 4.69) is 14.6 Å². The number of benzene rings is 1. The number of hydrogen-bond acceptors (Lipinski definition) is 6. The number of thiophene rings is 1. The van der Waals surface area contributed by atoms with Gasteiger partial charge in [0, 0.05) is 22.7 Å². The van der Waals surface area contributed by atoms with Crippen molar-refractivity contribution in [3.8, 4) is 17.1 Å². The van der Waals surface area contributed by atoms with Gasteiger partial charge < -0.3 is 9.26 Å². The highest BCUT2D eigenvalue weighted by molar-refractivity contribution is 7.94. The minimum Gasteiger partial charge on any atom is -0.406 e. The van der Waals surface area contributed by atoms with Crippen LogP contribution >= 0.6 is 11.3 Å². The van der Waals surface area contributed by atoms with E-state index in [1.54, 1.807) is 11.4 Å². The zero-order valence-corrected chi connectivity index (χ0v) is 13.8. The third-order valence-electron chi connectivity index (χ3n) is 2.90. The monoisotopic (exact) mass is 390 g/mol. The van der Waals surface area contributed by atoms with Crippen molar-refractivity contribution < 1.29 is 30.8 Å². The van der Waals surface area contributed by atoms with Gasteiger partial charge in [0.15, 0.2) is 5.76 Å². The number of aromatic nitrogens is 1. The minimum absolute atomic E-state index is 0.0227. The zero-order chi connectivity index (χ0) is 18.1. The SMILES string of the molecule is O=S(=O)(Nc1ccc(OC(F)(F)F)cc1)c1cc(-c2ccno2)cs1. The van der Waals surface area contributed by atoms with Crippen molar-refractivity contribution in [2.75, 3.05) is 4.72 Å². The minimum atomic E-state index is -4.81. The van der Waals surface area contributed by atoms with Crippen LogP contribution < -0.4 is 9.46 Å². The van der Waals surface area contributed by atoms with Gasteiger partial charge in [0.2, 0.25) is 0 Å². The Morgan fingerprint density at radius 1 is 1.16 bits per heavy atom. The fraction of sp³-hybridized carbons (Fsp3) is 0.0714. The van der Waals surface area contributed by atoms with Crippen LogP contribution in [0.4, 0.5) is 18.9 Å². The van der Waals surface area contributed by atoms with E-state index in [9.17, 15) is 21.6 Å². The normalized spacial score (nSPS) is 12.1. The molecule has 0 aliphatic rings. The molecule has 0 radical (unpaired) electrons. The van der Waals surface area contributed by atoms with E-state index >= 15 is 0 Å². The first-order chi connectivity index (χ1) is 11.7. The summed E-state index contributed by atoms with van der Waals surface area (Å²) in [5.41, 5.74) is 0.654. The van der Waals surface area contributed by atoms with E-state index < -0.39 is 22.1 Å². The van der Waals surface area contributed by atoms with E-state index in [-0.39, 0.29) is 9.90 Å². The lowest BCUT2D eigenvalue weighted by molar-refractivity contribution is -0.274. The molecule has 132 valence electrons. The van der Waals surface area contributed by atoms with Crippen LogP contribution in [0, 0.1) is 0 Å². The molecule has 0 amide bonds. The highest BCUT2D eigenvalue weighted by Gasteiger charge is 2.31. The van der Waals surface area contributed by atoms with Gasteiger partial charge in [0.25, 0.3) is 10.0 Å². The largest absolute Gasteiger partial charge is 0.573 e. The Kier molecular flexibility index (Phi) is 4.43. The summed E-state index contributed by atoms with van der Waals surface area (Å²) in [5.74, 6) is -0.0227. The number of alkyl halides is 3. The summed E-state index contributed by atoms with van der Waals surface area (Å²) in [6.07, 6.45) is -3.38. The van der Waals surface area contributed by atoms with Crippen molar-refractivity contribution in [3.05, 3.63) is 48.0 Å². The Bertz CT molecular complexity index is 949. The van der Waals surface area contributed by atoms with Crippen LogP contribution in [0.25, 0.3) is 11.3 Å². The zero-order valence-electron chi connectivity index (χ0n) is 12.1. The summed E-state index contributed by atoms with van der Waals surface area (Å²) in [5, 5.41) is 5.14. The molecule has 0 aliphatic carbocycles. The van der Waals surface area contributed by atoms with Gasteiger partial charge in [-0.3, -0.25) is 4.72 Å². The average Bonchev–Trinajstić information content (AvgIpc) is 3.18. The Morgan fingerprint density at radius 2 is 1.88 bits per heavy atom. The maximum absolute atomic E-state index is 12.3. The molecule has 0 spiro atoms. The van der Waals surface area contributed by atoms with Gasteiger partial charge in [-0.25, -0.2) is 8.42 Å². The van der Waals surface area contributed by atoms with Gasteiger partial charge in [-0.1, -0.05) is 5.16 Å². The van der Waals surface area contributed by atoms with Crippen LogP contribution in [0.2, 0.25) is 0 Å². The fourth-order valence-electron chi connectivity index (χ4n) is 1.88. The summed E-state index contributed by atoms with van der Waals surface area (Å²) in [4.78, 5) is 0. The Labute approximate surface area is 143 Å². The van der Waals surface area contributed by atoms with Crippen molar-refractivity contribution in [2.24, 2.45) is 0 Å². The first-order valence-electron chi connectivity index (χ1n) is 6.61. The molecule has 11 heteroatoms. The number of sulfonamides is 1. The lowest BCUT2D eigenvalue weighted by Gasteiger charge is -2.10. The van der Waals surface area contributed by atoms with Crippen LogP contribution in [0.3, 0.4) is 0 Å². The van der Waals surface area contributed by atoms with Gasteiger partial charge in [-0.2, -0.15) is 0 Å². The molecule has 0 fully saturated rings. The molecule has 3 rings (SSSR count). The summed E-state index contributed by atoms with van der Waals surface area (Å²) < 4.78 is 72.0. The van der Waals surface area contributed by atoms with E-state index in [0.29, 0.717) is 11.3 Å². The fourth-order valence-corrected chi connectivity index (χ4v) is 4.11. The predicted octanol–water partition coefficient (Wildman–Crippen LogP) is 4.10. The van der Waals surface area contributed by atoms with E-state index in [1.807, 2.05) is 0 Å². The lowest BCUT2D eigenvalue weighted by atomic mass is 10.3. The van der Waals surface area contributed by atoms with Crippen LogP contribution in [0.1, 0.15) is 0 Å². The number of ether oxygens (including phenoxy) is 1. The van der Waals surface area contributed by atoms with E-state index in [1.165, 1.54) is 24.4 Å². The number of nitrogens with one attached hydrogen (secondary N) is 1. The van der Waals surface area contributed by atoms with Crippen molar-refractivity contribution >= 4 is 27.0 Å². The summed E-state index contributed by atoms with van der Waals surface area (Å²) in [7, 11) is -3.89. The molecule has 0 bridgehead atoms. The summed E-state index contributed by atoms with van der Waals surface area (Å²) in [6.45, 7) is 0. The molecular weight excluding hydrogens is 381 g/mol. The molecule has 2 aromatic heterocycles.